The van der Waals surface area contributed by atoms with Gasteiger partial charge in [-0.25, -0.2) is 4.98 Å². The largest absolute Gasteiger partial charge is 0.363 e. The van der Waals surface area contributed by atoms with Crippen LogP contribution < -0.4 is 16.0 Å². The Bertz CT molecular complexity index is 566. The van der Waals surface area contributed by atoms with E-state index < -0.39 is 6.04 Å². The Morgan fingerprint density at radius 1 is 1.20 bits per heavy atom. The molecule has 0 saturated carbocycles. The average Bonchev–Trinajstić information content (AvgIpc) is 2.48. The number of amides is 1. The summed E-state index contributed by atoms with van der Waals surface area (Å²) in [6.45, 7) is 0. The first kappa shape index (κ1) is 14.0. The summed E-state index contributed by atoms with van der Waals surface area (Å²) in [4.78, 5) is 18.2. The van der Waals surface area contributed by atoms with E-state index in [0.717, 1.165) is 11.4 Å². The topological polar surface area (TPSA) is 71.2 Å². The standard InChI is InChI=1S/C15H18N4O/c1-19(2)13-9-8-12(10-17-13)18-15(20)14(16)11-6-4-3-5-7-11/h3-10,14H,16H2,1-2H3,(H,18,20)/t14-/m1/s1. The molecule has 104 valence electrons. The fourth-order valence-electron chi connectivity index (χ4n) is 1.76. The molecule has 0 unspecified atom stereocenters. The number of pyridine rings is 1. The van der Waals surface area contributed by atoms with Crippen molar-refractivity contribution in [2.75, 3.05) is 24.3 Å². The van der Waals surface area contributed by atoms with Crippen LogP contribution in [0.5, 0.6) is 0 Å². The molecule has 0 bridgehead atoms. The maximum Gasteiger partial charge on any atom is 0.245 e. The van der Waals surface area contributed by atoms with Gasteiger partial charge in [0.1, 0.15) is 11.9 Å². The number of carbonyl (C=O) groups excluding carboxylic acids is 1. The minimum Gasteiger partial charge on any atom is -0.363 e. The third-order valence-corrected chi connectivity index (χ3v) is 2.91. The maximum absolute atomic E-state index is 12.1. The number of anilines is 2. The second-order valence-electron chi connectivity index (χ2n) is 4.68. The molecule has 2 aromatic rings. The first-order valence-electron chi connectivity index (χ1n) is 6.32. The summed E-state index contributed by atoms with van der Waals surface area (Å²) in [6.07, 6.45) is 1.62. The van der Waals surface area contributed by atoms with Crippen LogP contribution in [0.25, 0.3) is 0 Å². The highest BCUT2D eigenvalue weighted by atomic mass is 16.2. The van der Waals surface area contributed by atoms with Crippen LogP contribution >= 0.6 is 0 Å². The van der Waals surface area contributed by atoms with Crippen LogP contribution in [0.15, 0.2) is 48.7 Å². The number of hydrogen-bond donors (Lipinski definition) is 2. The second kappa shape index (κ2) is 6.16. The Morgan fingerprint density at radius 2 is 1.90 bits per heavy atom. The Hall–Kier alpha value is -2.40. The van der Waals surface area contributed by atoms with Crippen molar-refractivity contribution in [1.82, 2.24) is 4.98 Å². The van der Waals surface area contributed by atoms with Gasteiger partial charge in [-0.15, -0.1) is 0 Å². The molecule has 1 aromatic heterocycles. The van der Waals surface area contributed by atoms with E-state index in [0.29, 0.717) is 5.69 Å². The van der Waals surface area contributed by atoms with Crippen molar-refractivity contribution in [3.63, 3.8) is 0 Å². The third-order valence-electron chi connectivity index (χ3n) is 2.91. The monoisotopic (exact) mass is 270 g/mol. The molecule has 0 aliphatic carbocycles. The van der Waals surface area contributed by atoms with Gasteiger partial charge in [-0.05, 0) is 17.7 Å². The lowest BCUT2D eigenvalue weighted by molar-refractivity contribution is -0.117. The lowest BCUT2D eigenvalue weighted by Gasteiger charge is -2.14. The first-order chi connectivity index (χ1) is 9.58. The molecule has 0 aliphatic rings. The van der Waals surface area contributed by atoms with Gasteiger partial charge in [0.15, 0.2) is 0 Å². The van der Waals surface area contributed by atoms with Crippen LogP contribution in [-0.2, 0) is 4.79 Å². The summed E-state index contributed by atoms with van der Waals surface area (Å²) in [5.41, 5.74) is 7.34. The zero-order valence-electron chi connectivity index (χ0n) is 11.6. The number of benzene rings is 1. The van der Waals surface area contributed by atoms with Gasteiger partial charge in [0.05, 0.1) is 11.9 Å². The van der Waals surface area contributed by atoms with E-state index in [4.69, 9.17) is 5.73 Å². The zero-order valence-corrected chi connectivity index (χ0v) is 11.6. The van der Waals surface area contributed by atoms with Gasteiger partial charge in [-0.2, -0.15) is 0 Å². The van der Waals surface area contributed by atoms with Crippen molar-refractivity contribution in [2.45, 2.75) is 6.04 Å². The molecule has 1 amide bonds. The van der Waals surface area contributed by atoms with Gasteiger partial charge in [0.25, 0.3) is 0 Å². The van der Waals surface area contributed by atoms with E-state index >= 15 is 0 Å². The smallest absolute Gasteiger partial charge is 0.245 e. The van der Waals surface area contributed by atoms with Crippen molar-refractivity contribution >= 4 is 17.4 Å². The van der Waals surface area contributed by atoms with E-state index in [-0.39, 0.29) is 5.91 Å². The van der Waals surface area contributed by atoms with Gasteiger partial charge < -0.3 is 16.0 Å². The number of carbonyl (C=O) groups is 1. The number of hydrogen-bond acceptors (Lipinski definition) is 4. The molecule has 3 N–H and O–H groups in total. The summed E-state index contributed by atoms with van der Waals surface area (Å²) in [5.74, 6) is 0.575. The highest BCUT2D eigenvalue weighted by molar-refractivity contribution is 5.95. The Labute approximate surface area is 118 Å². The predicted molar refractivity (Wildman–Crippen MR) is 80.6 cm³/mol. The number of aromatic nitrogens is 1. The van der Waals surface area contributed by atoms with E-state index in [2.05, 4.69) is 10.3 Å². The Balaban J connectivity index is 2.04. The van der Waals surface area contributed by atoms with E-state index in [1.165, 1.54) is 0 Å². The van der Waals surface area contributed by atoms with Crippen LogP contribution in [-0.4, -0.2) is 25.0 Å². The fraction of sp³-hybridized carbons (Fsp3) is 0.200. The van der Waals surface area contributed by atoms with Crippen LogP contribution in [0.3, 0.4) is 0 Å². The lowest BCUT2D eigenvalue weighted by atomic mass is 10.1. The molecule has 2 rings (SSSR count). The lowest BCUT2D eigenvalue weighted by Crippen LogP contribution is -2.27. The summed E-state index contributed by atoms with van der Waals surface area (Å²) < 4.78 is 0. The van der Waals surface area contributed by atoms with Crippen molar-refractivity contribution in [2.24, 2.45) is 5.73 Å². The summed E-state index contributed by atoms with van der Waals surface area (Å²) in [5, 5.41) is 2.76. The maximum atomic E-state index is 12.1. The number of nitrogens with two attached hydrogens (primary N) is 1. The summed E-state index contributed by atoms with van der Waals surface area (Å²) >= 11 is 0. The van der Waals surface area contributed by atoms with Crippen LogP contribution in [0.2, 0.25) is 0 Å². The van der Waals surface area contributed by atoms with E-state index in [1.54, 1.807) is 12.3 Å². The molecule has 0 saturated heterocycles. The molecule has 0 radical (unpaired) electrons. The fourth-order valence-corrected chi connectivity index (χ4v) is 1.76. The molecule has 0 fully saturated rings. The van der Waals surface area contributed by atoms with Crippen molar-refractivity contribution in [1.29, 1.82) is 0 Å². The average molecular weight is 270 g/mol. The molecule has 5 heteroatoms. The molecule has 1 heterocycles. The quantitative estimate of drug-likeness (QED) is 0.888. The normalized spacial score (nSPS) is 11.8. The number of rotatable bonds is 4. The predicted octanol–water partition coefficient (Wildman–Crippen LogP) is 1.79. The molecule has 0 aliphatic heterocycles. The van der Waals surface area contributed by atoms with Crippen LogP contribution in [0.4, 0.5) is 11.5 Å². The molecule has 1 aromatic carbocycles. The Morgan fingerprint density at radius 3 is 2.45 bits per heavy atom. The highest BCUT2D eigenvalue weighted by Crippen LogP contribution is 2.15. The van der Waals surface area contributed by atoms with Gasteiger partial charge in [-0.1, -0.05) is 30.3 Å². The Kier molecular flexibility index (Phi) is 4.32. The summed E-state index contributed by atoms with van der Waals surface area (Å²) in [6, 6.07) is 12.2. The second-order valence-corrected chi connectivity index (χ2v) is 4.68. The molecule has 0 spiro atoms. The van der Waals surface area contributed by atoms with Crippen LogP contribution in [0.1, 0.15) is 11.6 Å². The highest BCUT2D eigenvalue weighted by Gasteiger charge is 2.15. The van der Waals surface area contributed by atoms with Crippen molar-refractivity contribution in [3.05, 3.63) is 54.2 Å². The molecular formula is C15H18N4O. The molecule has 1 atom stereocenters. The van der Waals surface area contributed by atoms with E-state index in [9.17, 15) is 4.79 Å². The first-order valence-corrected chi connectivity index (χ1v) is 6.32. The van der Waals surface area contributed by atoms with Crippen LogP contribution in [0, 0.1) is 0 Å². The van der Waals surface area contributed by atoms with Gasteiger partial charge in [0.2, 0.25) is 5.91 Å². The minimum absolute atomic E-state index is 0.254. The van der Waals surface area contributed by atoms with Crippen molar-refractivity contribution < 1.29 is 4.79 Å². The van der Waals surface area contributed by atoms with E-state index in [1.807, 2.05) is 55.4 Å². The molecular weight excluding hydrogens is 252 g/mol. The molecule has 20 heavy (non-hydrogen) atoms. The van der Waals surface area contributed by atoms with Gasteiger partial charge in [0, 0.05) is 14.1 Å². The number of nitrogens with one attached hydrogen (secondary N) is 1. The molecule has 5 nitrogen and oxygen atoms in total. The summed E-state index contributed by atoms with van der Waals surface area (Å²) in [7, 11) is 3.82. The van der Waals surface area contributed by atoms with Gasteiger partial charge >= 0.3 is 0 Å². The third kappa shape index (κ3) is 3.33. The number of nitrogens with zero attached hydrogens (tertiary/aromatic N) is 2. The van der Waals surface area contributed by atoms with Gasteiger partial charge in [-0.3, -0.25) is 4.79 Å². The zero-order chi connectivity index (χ0) is 14.5. The SMILES string of the molecule is CN(C)c1ccc(NC(=O)[C@H](N)c2ccccc2)cn1. The van der Waals surface area contributed by atoms with Crippen molar-refractivity contribution in [3.8, 4) is 0 Å². The minimum atomic E-state index is -0.690.